The van der Waals surface area contributed by atoms with Gasteiger partial charge in [0.1, 0.15) is 5.75 Å². The summed E-state index contributed by atoms with van der Waals surface area (Å²) < 4.78 is 6.69. The Hall–Kier alpha value is -2.07. The number of allylic oxidation sites excluding steroid dienone is 1. The van der Waals surface area contributed by atoms with E-state index in [0.717, 1.165) is 34.4 Å². The van der Waals surface area contributed by atoms with Gasteiger partial charge >= 0.3 is 0 Å². The number of ether oxygens (including phenoxy) is 1. The highest BCUT2D eigenvalue weighted by Crippen LogP contribution is 2.42. The maximum atomic E-state index is 5.71. The molecular weight excluding hydrogens is 400 g/mol. The Morgan fingerprint density at radius 3 is 2.63 bits per heavy atom. The maximum Gasteiger partial charge on any atom is 0.129 e. The molecule has 0 fully saturated rings. The van der Waals surface area contributed by atoms with Crippen LogP contribution in [0.1, 0.15) is 45.2 Å². The lowest BCUT2D eigenvalue weighted by atomic mass is 9.87. The molecular formula is C23H27BrN2O. The van der Waals surface area contributed by atoms with E-state index in [1.165, 1.54) is 16.8 Å². The van der Waals surface area contributed by atoms with Crippen molar-refractivity contribution >= 4 is 39.1 Å². The predicted molar refractivity (Wildman–Crippen MR) is 120 cm³/mol. The molecule has 1 heterocycles. The molecule has 0 amide bonds. The Labute approximate surface area is 170 Å². The summed E-state index contributed by atoms with van der Waals surface area (Å²) in [7, 11) is 1.72. The van der Waals surface area contributed by atoms with E-state index >= 15 is 0 Å². The molecule has 142 valence electrons. The Bertz CT molecular complexity index is 899. The average Bonchev–Trinajstić information content (AvgIpc) is 2.63. The predicted octanol–water partition coefficient (Wildman–Crippen LogP) is 6.62. The fourth-order valence-corrected chi connectivity index (χ4v) is 4.11. The van der Waals surface area contributed by atoms with Gasteiger partial charge in [-0.25, -0.2) is 0 Å². The molecule has 0 atom stereocenters. The van der Waals surface area contributed by atoms with Crippen LogP contribution in [-0.4, -0.2) is 25.4 Å². The van der Waals surface area contributed by atoms with Gasteiger partial charge in [0.25, 0.3) is 0 Å². The second-order valence-corrected chi connectivity index (χ2v) is 8.31. The summed E-state index contributed by atoms with van der Waals surface area (Å²) in [4.78, 5) is 7.12. The van der Waals surface area contributed by atoms with Gasteiger partial charge in [-0.15, -0.1) is 0 Å². The fourth-order valence-electron chi connectivity index (χ4n) is 3.73. The standard InChI is InChI=1S/C23H27BrN2O/c1-6-11-26-21-13-22(27-5)17(12-18(21)16(2)14-23(26,3)4)15-25-20-10-8-7-9-19(20)24/h7-10,12-15H,6,11H2,1-5H3. The first-order chi connectivity index (χ1) is 12.9. The highest BCUT2D eigenvalue weighted by molar-refractivity contribution is 9.10. The summed E-state index contributed by atoms with van der Waals surface area (Å²) in [5, 5.41) is 0. The Kier molecular flexibility index (Phi) is 5.75. The summed E-state index contributed by atoms with van der Waals surface area (Å²) in [6, 6.07) is 12.3. The molecule has 0 bridgehead atoms. The molecule has 1 aliphatic heterocycles. The van der Waals surface area contributed by atoms with E-state index in [-0.39, 0.29) is 5.54 Å². The van der Waals surface area contributed by atoms with Gasteiger partial charge in [0, 0.05) is 40.1 Å². The number of halogens is 1. The molecule has 0 unspecified atom stereocenters. The minimum atomic E-state index is -0.0113. The number of para-hydroxylation sites is 1. The molecule has 3 rings (SSSR count). The molecule has 0 spiro atoms. The van der Waals surface area contributed by atoms with Crippen LogP contribution in [0.5, 0.6) is 5.75 Å². The molecule has 0 saturated carbocycles. The monoisotopic (exact) mass is 426 g/mol. The van der Waals surface area contributed by atoms with Crippen molar-refractivity contribution in [2.75, 3.05) is 18.6 Å². The lowest BCUT2D eigenvalue weighted by Crippen LogP contribution is -2.45. The second kappa shape index (κ2) is 7.89. The lowest BCUT2D eigenvalue weighted by molar-refractivity contribution is 0.413. The zero-order valence-corrected chi connectivity index (χ0v) is 18.3. The van der Waals surface area contributed by atoms with Crippen molar-refractivity contribution in [1.29, 1.82) is 0 Å². The molecule has 4 heteroatoms. The van der Waals surface area contributed by atoms with Crippen LogP contribution in [0.15, 0.2) is 51.9 Å². The number of fused-ring (bicyclic) bond motifs is 1. The topological polar surface area (TPSA) is 24.8 Å². The Morgan fingerprint density at radius 1 is 1.22 bits per heavy atom. The van der Waals surface area contributed by atoms with Crippen molar-refractivity contribution in [1.82, 2.24) is 0 Å². The van der Waals surface area contributed by atoms with Crippen LogP contribution in [0, 0.1) is 0 Å². The van der Waals surface area contributed by atoms with Crippen molar-refractivity contribution in [2.45, 2.75) is 39.7 Å². The van der Waals surface area contributed by atoms with Crippen molar-refractivity contribution in [3.63, 3.8) is 0 Å². The molecule has 3 nitrogen and oxygen atoms in total. The number of anilines is 1. The molecule has 0 saturated heterocycles. The third-order valence-electron chi connectivity index (χ3n) is 4.97. The third kappa shape index (κ3) is 3.96. The van der Waals surface area contributed by atoms with E-state index in [0.29, 0.717) is 0 Å². The van der Waals surface area contributed by atoms with E-state index in [4.69, 9.17) is 4.74 Å². The molecule has 0 aromatic heterocycles. The summed E-state index contributed by atoms with van der Waals surface area (Å²) in [6.07, 6.45) is 5.34. The SMILES string of the molecule is CCCN1c2cc(OC)c(C=Nc3ccccc3Br)cc2C(C)=CC1(C)C. The first-order valence-electron chi connectivity index (χ1n) is 9.35. The molecule has 2 aromatic carbocycles. The van der Waals surface area contributed by atoms with E-state index in [1.54, 1.807) is 7.11 Å². The number of nitrogens with zero attached hydrogens (tertiary/aromatic N) is 2. The number of methoxy groups -OCH3 is 1. The number of aliphatic imine (C=N–C) groups is 1. The van der Waals surface area contributed by atoms with Crippen LogP contribution in [-0.2, 0) is 0 Å². The number of benzene rings is 2. The lowest BCUT2D eigenvalue weighted by Gasteiger charge is -2.43. The highest BCUT2D eigenvalue weighted by atomic mass is 79.9. The quantitative estimate of drug-likeness (QED) is 0.501. The minimum Gasteiger partial charge on any atom is -0.496 e. The largest absolute Gasteiger partial charge is 0.496 e. The Balaban J connectivity index is 2.09. The van der Waals surface area contributed by atoms with E-state index in [1.807, 2.05) is 30.5 Å². The third-order valence-corrected chi connectivity index (χ3v) is 5.64. The van der Waals surface area contributed by atoms with Gasteiger partial charge in [-0.3, -0.25) is 4.99 Å². The average molecular weight is 427 g/mol. The van der Waals surface area contributed by atoms with Crippen molar-refractivity contribution in [3.8, 4) is 5.75 Å². The number of rotatable bonds is 5. The van der Waals surface area contributed by atoms with E-state index in [9.17, 15) is 0 Å². The van der Waals surface area contributed by atoms with Crippen LogP contribution in [0.2, 0.25) is 0 Å². The normalized spacial score (nSPS) is 15.6. The maximum absolute atomic E-state index is 5.71. The van der Waals surface area contributed by atoms with Gasteiger partial charge in [0.2, 0.25) is 0 Å². The molecule has 2 aromatic rings. The smallest absolute Gasteiger partial charge is 0.129 e. The summed E-state index contributed by atoms with van der Waals surface area (Å²) in [5.41, 5.74) is 5.64. The van der Waals surface area contributed by atoms with Gasteiger partial charge in [0.05, 0.1) is 18.3 Å². The van der Waals surface area contributed by atoms with Crippen molar-refractivity contribution in [2.24, 2.45) is 4.99 Å². The van der Waals surface area contributed by atoms with E-state index < -0.39 is 0 Å². The fraction of sp³-hybridized carbons (Fsp3) is 0.348. The molecule has 0 aliphatic carbocycles. The molecule has 0 radical (unpaired) electrons. The van der Waals surface area contributed by atoms with Gasteiger partial charge in [0.15, 0.2) is 0 Å². The highest BCUT2D eigenvalue weighted by Gasteiger charge is 2.31. The first-order valence-corrected chi connectivity index (χ1v) is 10.1. The molecule has 0 N–H and O–H groups in total. The van der Waals surface area contributed by atoms with Gasteiger partial charge in [-0.1, -0.05) is 25.1 Å². The zero-order valence-electron chi connectivity index (χ0n) is 16.7. The van der Waals surface area contributed by atoms with Crippen LogP contribution in [0.3, 0.4) is 0 Å². The van der Waals surface area contributed by atoms with Gasteiger partial charge < -0.3 is 9.64 Å². The number of hydrogen-bond acceptors (Lipinski definition) is 3. The van der Waals surface area contributed by atoms with Crippen LogP contribution in [0.4, 0.5) is 11.4 Å². The number of hydrogen-bond donors (Lipinski definition) is 0. The minimum absolute atomic E-state index is 0.0113. The van der Waals surface area contributed by atoms with E-state index in [2.05, 4.69) is 71.7 Å². The summed E-state index contributed by atoms with van der Waals surface area (Å²) in [6.45, 7) is 9.95. The molecule has 27 heavy (non-hydrogen) atoms. The van der Waals surface area contributed by atoms with Crippen molar-refractivity contribution < 1.29 is 4.74 Å². The van der Waals surface area contributed by atoms with Crippen LogP contribution >= 0.6 is 15.9 Å². The molecule has 1 aliphatic rings. The van der Waals surface area contributed by atoms with Gasteiger partial charge in [-0.2, -0.15) is 0 Å². The summed E-state index contributed by atoms with van der Waals surface area (Å²) >= 11 is 3.55. The first kappa shape index (κ1) is 19.7. The van der Waals surface area contributed by atoms with Crippen LogP contribution in [0.25, 0.3) is 5.57 Å². The zero-order chi connectivity index (χ0) is 19.6. The van der Waals surface area contributed by atoms with Crippen LogP contribution < -0.4 is 9.64 Å². The second-order valence-electron chi connectivity index (χ2n) is 7.45. The Morgan fingerprint density at radius 2 is 1.96 bits per heavy atom. The summed E-state index contributed by atoms with van der Waals surface area (Å²) in [5.74, 6) is 0.844. The van der Waals surface area contributed by atoms with Gasteiger partial charge in [-0.05, 0) is 66.9 Å². The van der Waals surface area contributed by atoms with Crippen molar-refractivity contribution in [3.05, 3.63) is 58.1 Å².